The van der Waals surface area contributed by atoms with Crippen molar-refractivity contribution < 1.29 is 25.2 Å². The lowest BCUT2D eigenvalue weighted by Gasteiger charge is -2.62. The second-order valence-electron chi connectivity index (χ2n) is 16.4. The molecule has 11 heteroatoms. The minimum absolute atomic E-state index is 0.0595. The molecule has 7 rings (SSSR count). The van der Waals surface area contributed by atoms with E-state index in [4.69, 9.17) is 0 Å². The summed E-state index contributed by atoms with van der Waals surface area (Å²) in [5, 5.41) is 44.8. The predicted molar refractivity (Wildman–Crippen MR) is 177 cm³/mol. The number of nitrogens with one attached hydrogen (secondary N) is 2. The smallest absolute Gasteiger partial charge is 0.280 e. The van der Waals surface area contributed by atoms with Crippen LogP contribution in [0.15, 0.2) is 23.3 Å². The van der Waals surface area contributed by atoms with Gasteiger partial charge < -0.3 is 25.0 Å². The summed E-state index contributed by atoms with van der Waals surface area (Å²) in [5.41, 5.74) is 0.968. The number of H-pyrrole nitrogens is 1. The van der Waals surface area contributed by atoms with Gasteiger partial charge in [0.1, 0.15) is 0 Å². The van der Waals surface area contributed by atoms with Gasteiger partial charge in [0.25, 0.3) is 5.56 Å². The molecule has 11 nitrogen and oxygen atoms in total. The van der Waals surface area contributed by atoms with Crippen LogP contribution in [0.25, 0.3) is 11.2 Å². The van der Waals surface area contributed by atoms with Gasteiger partial charge in [-0.15, -0.1) is 0 Å². The van der Waals surface area contributed by atoms with Gasteiger partial charge in [0.2, 0.25) is 11.9 Å². The molecule has 0 saturated heterocycles. The first kappa shape index (κ1) is 32.9. The molecule has 5 saturated carbocycles. The van der Waals surface area contributed by atoms with Crippen LogP contribution in [-0.4, -0.2) is 70.8 Å². The zero-order valence-electron chi connectivity index (χ0n) is 28.1. The van der Waals surface area contributed by atoms with Crippen molar-refractivity contribution in [3.05, 3.63) is 28.8 Å². The van der Waals surface area contributed by atoms with Crippen LogP contribution in [0.2, 0.25) is 0 Å². The highest BCUT2D eigenvalue weighted by molar-refractivity contribution is 5.89. The molecule has 258 valence electrons. The van der Waals surface area contributed by atoms with E-state index in [-0.39, 0.29) is 53.1 Å². The Hall–Kier alpha value is -2.60. The van der Waals surface area contributed by atoms with Crippen molar-refractivity contribution in [2.45, 2.75) is 116 Å². The molecule has 0 spiro atoms. The second-order valence-corrected chi connectivity index (χ2v) is 16.4. The Morgan fingerprint density at radius 3 is 2.57 bits per heavy atom. The number of anilines is 1. The first-order valence-corrected chi connectivity index (χ1v) is 18.0. The Morgan fingerprint density at radius 2 is 1.83 bits per heavy atom. The quantitative estimate of drug-likeness (QED) is 0.244. The third-order valence-electron chi connectivity index (χ3n) is 14.3. The zero-order chi connectivity index (χ0) is 33.4. The van der Waals surface area contributed by atoms with Gasteiger partial charge in [-0.1, -0.05) is 27.4 Å². The fourth-order valence-electron chi connectivity index (χ4n) is 11.7. The lowest BCUT2D eigenvalue weighted by molar-refractivity contribution is -0.174. The third-order valence-corrected chi connectivity index (χ3v) is 14.3. The normalized spacial score (nSPS) is 42.1. The summed E-state index contributed by atoms with van der Waals surface area (Å²) in [6, 6.07) is -0.368. The van der Waals surface area contributed by atoms with Crippen LogP contribution in [0, 0.1) is 52.3 Å². The van der Waals surface area contributed by atoms with E-state index in [2.05, 4.69) is 47.6 Å². The van der Waals surface area contributed by atoms with Gasteiger partial charge in [-0.3, -0.25) is 19.9 Å². The van der Waals surface area contributed by atoms with E-state index >= 15 is 0 Å². The van der Waals surface area contributed by atoms with Gasteiger partial charge in [-0.25, -0.2) is 4.98 Å². The number of carbonyl (C=O) groups is 1. The second kappa shape index (κ2) is 12.1. The molecule has 5 aliphatic carbocycles. The Kier molecular flexibility index (Phi) is 8.45. The van der Waals surface area contributed by atoms with Crippen LogP contribution in [0.3, 0.4) is 0 Å². The number of carbonyl (C=O) groups excluding carboxylic acids is 1. The molecule has 47 heavy (non-hydrogen) atoms. The summed E-state index contributed by atoms with van der Waals surface area (Å²) in [6.07, 6.45) is 9.68. The molecule has 6 N–H and O–H groups in total. The van der Waals surface area contributed by atoms with Gasteiger partial charge in [0.05, 0.1) is 37.3 Å². The highest BCUT2D eigenvalue weighted by atomic mass is 16.3. The van der Waals surface area contributed by atoms with Gasteiger partial charge in [0, 0.05) is 12.3 Å². The lowest BCUT2D eigenvalue weighted by Crippen LogP contribution is -2.58. The summed E-state index contributed by atoms with van der Waals surface area (Å²) in [4.78, 5) is 37.5. The maximum atomic E-state index is 13.2. The highest BCUT2D eigenvalue weighted by Crippen LogP contribution is 2.68. The molecule has 0 aliphatic heterocycles. The summed E-state index contributed by atoms with van der Waals surface area (Å²) in [7, 11) is 0. The van der Waals surface area contributed by atoms with Crippen molar-refractivity contribution >= 4 is 23.0 Å². The molecule has 0 aromatic carbocycles. The van der Waals surface area contributed by atoms with Crippen molar-refractivity contribution in [2.75, 3.05) is 11.9 Å². The predicted octanol–water partition coefficient (Wildman–Crippen LogP) is 3.94. The van der Waals surface area contributed by atoms with Crippen molar-refractivity contribution in [2.24, 2.45) is 52.3 Å². The number of aromatic nitrogens is 4. The van der Waals surface area contributed by atoms with Crippen molar-refractivity contribution in [3.63, 3.8) is 0 Å². The third kappa shape index (κ3) is 5.31. The van der Waals surface area contributed by atoms with Crippen molar-refractivity contribution in [1.29, 1.82) is 0 Å². The van der Waals surface area contributed by atoms with E-state index in [0.29, 0.717) is 59.6 Å². The van der Waals surface area contributed by atoms with E-state index in [1.165, 1.54) is 6.33 Å². The Labute approximate surface area is 276 Å². The standard InChI is InChI=1S/C36H53N5O6/c1-18(23-6-7-24-30-25(10-12-36(23,24)4)35(3)11-9-21(43)13-20(35)14-28(30)45)5-8-29(46)38-34-39-32-31(33(47)40-34)37-17-41(32)26-15-27(44)22(16-42)19(26)2/h17-18,20-28,30,42-45H,2,5-16H2,1,3-4H3,(H2,38,39,40,46,47)/t18-,20+,21-,22+,23-,24+,25+,26+,27+,28+,30+,35+,36-/m1/s1. The fraction of sp³-hybridized carbons (Fsp3) is 0.778. The van der Waals surface area contributed by atoms with Gasteiger partial charge in [0.15, 0.2) is 11.2 Å². The minimum atomic E-state index is -0.749. The topological polar surface area (TPSA) is 174 Å². The molecule has 0 radical (unpaired) electrons. The molecule has 0 unspecified atom stereocenters. The molecule has 1 amide bonds. The maximum Gasteiger partial charge on any atom is 0.280 e. The lowest BCUT2D eigenvalue weighted by atomic mass is 9.43. The molecule has 2 aromatic rings. The SMILES string of the molecule is C=C1[C@H](CO)[C@@H](O)C[C@@H]1n1cnc2c(=O)[nH]c(NC(=O)CC[C@@H](C)[C@H]3CC[C@H]4[C@@H]5[C@@H](O)C[C@@H]6C[C@H](O)CC[C@]6(C)[C@H]5CC[C@]34C)nc21. The fourth-order valence-corrected chi connectivity index (χ4v) is 11.7. The minimum Gasteiger partial charge on any atom is -0.396 e. The van der Waals surface area contributed by atoms with Crippen LogP contribution in [0.4, 0.5) is 5.95 Å². The van der Waals surface area contributed by atoms with Gasteiger partial charge in [-0.2, -0.15) is 4.98 Å². The number of amides is 1. The largest absolute Gasteiger partial charge is 0.396 e. The van der Waals surface area contributed by atoms with Crippen LogP contribution in [0.5, 0.6) is 0 Å². The average molecular weight is 652 g/mol. The molecular weight excluding hydrogens is 598 g/mol. The molecule has 5 fully saturated rings. The first-order chi connectivity index (χ1) is 22.4. The summed E-state index contributed by atoms with van der Waals surface area (Å²) >= 11 is 0. The van der Waals surface area contributed by atoms with Crippen LogP contribution < -0.4 is 10.9 Å². The number of aliphatic hydroxyl groups is 4. The van der Waals surface area contributed by atoms with E-state index in [9.17, 15) is 30.0 Å². The van der Waals surface area contributed by atoms with Crippen LogP contribution in [-0.2, 0) is 4.79 Å². The van der Waals surface area contributed by atoms with E-state index < -0.39 is 17.6 Å². The maximum absolute atomic E-state index is 13.2. The Morgan fingerprint density at radius 1 is 1.09 bits per heavy atom. The number of hydrogen-bond acceptors (Lipinski definition) is 8. The molecule has 2 heterocycles. The molecule has 0 bridgehead atoms. The Balaban J connectivity index is 1.01. The summed E-state index contributed by atoms with van der Waals surface area (Å²) in [6.45, 7) is 11.0. The monoisotopic (exact) mass is 651 g/mol. The number of rotatable bonds is 7. The van der Waals surface area contributed by atoms with E-state index in [1.54, 1.807) is 4.57 Å². The molecule has 5 aliphatic rings. The molecule has 2 aromatic heterocycles. The van der Waals surface area contributed by atoms with E-state index in [0.717, 1.165) is 57.8 Å². The summed E-state index contributed by atoms with van der Waals surface area (Å²) < 4.78 is 1.69. The van der Waals surface area contributed by atoms with Crippen molar-refractivity contribution in [3.8, 4) is 0 Å². The zero-order valence-corrected chi connectivity index (χ0v) is 28.1. The number of fused-ring (bicyclic) bond motifs is 6. The van der Waals surface area contributed by atoms with Crippen LogP contribution in [0.1, 0.15) is 97.4 Å². The molecular formula is C36H53N5O6. The first-order valence-electron chi connectivity index (χ1n) is 18.0. The number of hydrogen-bond donors (Lipinski definition) is 6. The van der Waals surface area contributed by atoms with Crippen LogP contribution >= 0.6 is 0 Å². The summed E-state index contributed by atoms with van der Waals surface area (Å²) in [5.74, 6) is 1.92. The number of aliphatic hydroxyl groups excluding tert-OH is 4. The average Bonchev–Trinajstić information content (AvgIpc) is 3.69. The number of imidazole rings is 1. The highest BCUT2D eigenvalue weighted by Gasteiger charge is 2.62. The number of nitrogens with zero attached hydrogens (tertiary/aromatic N) is 3. The van der Waals surface area contributed by atoms with E-state index in [1.807, 2.05) is 0 Å². The Bertz CT molecular complexity index is 1590. The molecule has 13 atom stereocenters. The van der Waals surface area contributed by atoms with Gasteiger partial charge >= 0.3 is 0 Å². The van der Waals surface area contributed by atoms with Gasteiger partial charge in [-0.05, 0) is 116 Å². The van der Waals surface area contributed by atoms with Crippen molar-refractivity contribution in [1.82, 2.24) is 19.5 Å². The number of aromatic amines is 1.